The largest absolute Gasteiger partial charge is 0.292 e. The van der Waals surface area contributed by atoms with E-state index in [0.29, 0.717) is 15.8 Å². The lowest BCUT2D eigenvalue weighted by Crippen LogP contribution is -2.24. The minimum atomic E-state index is -0.183. The Kier molecular flexibility index (Phi) is 4.52. The molecule has 0 aliphatic heterocycles. The van der Waals surface area contributed by atoms with Crippen LogP contribution in [0.5, 0.6) is 0 Å². The van der Waals surface area contributed by atoms with Crippen LogP contribution in [0.25, 0.3) is 32.1 Å². The normalized spacial score (nSPS) is 11.2. The number of hydrogen-bond donors (Lipinski definition) is 0. The molecule has 30 heavy (non-hydrogen) atoms. The van der Waals surface area contributed by atoms with Gasteiger partial charge in [-0.3, -0.25) is 14.2 Å². The first-order chi connectivity index (χ1) is 14.6. The Morgan fingerprint density at radius 2 is 1.70 bits per heavy atom. The molecule has 146 valence electrons. The number of benzene rings is 3. The second-order valence-electron chi connectivity index (χ2n) is 7.24. The maximum Gasteiger partial charge on any atom is 0.263 e. The van der Waals surface area contributed by atoms with Crippen molar-refractivity contribution in [2.45, 2.75) is 13.5 Å². The fraction of sp³-hybridized carbons (Fsp3) is 0.0800. The summed E-state index contributed by atoms with van der Waals surface area (Å²) in [6, 6.07) is 23.4. The highest BCUT2D eigenvalue weighted by molar-refractivity contribution is 7.19. The minimum absolute atomic E-state index is 0.0385. The van der Waals surface area contributed by atoms with E-state index in [9.17, 15) is 9.59 Å². The summed E-state index contributed by atoms with van der Waals surface area (Å²) in [5, 5.41) is 2.66. The number of ketones is 1. The number of nitrogens with zero attached hydrogens (tertiary/aromatic N) is 2. The average molecular weight is 410 g/mol. The van der Waals surface area contributed by atoms with Crippen LogP contribution in [-0.2, 0) is 6.54 Å². The van der Waals surface area contributed by atoms with E-state index in [2.05, 4.69) is 4.98 Å². The Morgan fingerprint density at radius 1 is 0.967 bits per heavy atom. The molecule has 0 saturated heterocycles. The van der Waals surface area contributed by atoms with Crippen molar-refractivity contribution in [3.8, 4) is 11.1 Å². The summed E-state index contributed by atoms with van der Waals surface area (Å²) < 4.78 is 1.42. The maximum atomic E-state index is 13.3. The van der Waals surface area contributed by atoms with Crippen molar-refractivity contribution in [2.24, 2.45) is 0 Å². The van der Waals surface area contributed by atoms with Crippen LogP contribution < -0.4 is 5.56 Å². The molecular weight excluding hydrogens is 392 g/mol. The molecule has 0 spiro atoms. The first-order valence-electron chi connectivity index (χ1n) is 9.68. The van der Waals surface area contributed by atoms with E-state index in [1.165, 1.54) is 22.2 Å². The Bertz CT molecular complexity index is 1470. The van der Waals surface area contributed by atoms with Gasteiger partial charge in [-0.15, -0.1) is 11.3 Å². The van der Waals surface area contributed by atoms with Crippen LogP contribution in [0, 0.1) is 6.92 Å². The first kappa shape index (κ1) is 18.5. The lowest BCUT2D eigenvalue weighted by molar-refractivity contribution is 0.0971. The van der Waals surface area contributed by atoms with Crippen molar-refractivity contribution in [3.05, 3.63) is 99.9 Å². The molecule has 0 atom stereocenters. The number of hydrogen-bond acceptors (Lipinski definition) is 4. The van der Waals surface area contributed by atoms with Gasteiger partial charge in [0.1, 0.15) is 4.83 Å². The number of aryl methyl sites for hydroxylation is 1. The average Bonchev–Trinajstić information content (AvgIpc) is 3.12. The summed E-state index contributed by atoms with van der Waals surface area (Å²) in [6.45, 7) is 1.96. The fourth-order valence-electron chi connectivity index (χ4n) is 3.81. The summed E-state index contributed by atoms with van der Waals surface area (Å²) in [7, 11) is 0. The zero-order valence-electron chi connectivity index (χ0n) is 16.3. The topological polar surface area (TPSA) is 52.0 Å². The molecule has 0 bridgehead atoms. The molecule has 3 aromatic carbocycles. The number of rotatable bonds is 4. The zero-order chi connectivity index (χ0) is 20.7. The van der Waals surface area contributed by atoms with Crippen molar-refractivity contribution < 1.29 is 4.79 Å². The highest BCUT2D eigenvalue weighted by Gasteiger charge is 2.18. The molecule has 0 saturated carbocycles. The third-order valence-electron chi connectivity index (χ3n) is 5.30. The monoisotopic (exact) mass is 410 g/mol. The second-order valence-corrected chi connectivity index (χ2v) is 8.45. The van der Waals surface area contributed by atoms with Crippen LogP contribution in [0.15, 0.2) is 83.9 Å². The Morgan fingerprint density at radius 3 is 2.50 bits per heavy atom. The molecule has 0 N–H and O–H groups in total. The zero-order valence-corrected chi connectivity index (χ0v) is 17.1. The third kappa shape index (κ3) is 3.13. The van der Waals surface area contributed by atoms with Crippen LogP contribution in [-0.4, -0.2) is 15.3 Å². The lowest BCUT2D eigenvalue weighted by Gasteiger charge is -2.07. The molecule has 2 heterocycles. The molecule has 4 nitrogen and oxygen atoms in total. The number of Topliss-reactive ketones (excluding diaryl/α,β-unsaturated/α-hetero) is 1. The first-order valence-corrected chi connectivity index (χ1v) is 10.5. The van der Waals surface area contributed by atoms with Gasteiger partial charge in [0.15, 0.2) is 5.78 Å². The van der Waals surface area contributed by atoms with Crippen LogP contribution >= 0.6 is 11.3 Å². The number of thiophene rings is 1. The standard InChI is InChI=1S/C25H18N2O2S/c1-16-22(18-8-3-2-4-9-18)23-24(30-16)26-15-27(25(23)29)14-21(28)20-12-11-17-7-5-6-10-19(17)13-20/h2-13,15H,14H2,1H3. The van der Waals surface area contributed by atoms with E-state index >= 15 is 0 Å². The molecule has 0 amide bonds. The SMILES string of the molecule is Cc1sc2ncn(CC(=O)c3ccc4ccccc4c3)c(=O)c2c1-c1ccccc1. The Labute approximate surface area is 177 Å². The highest BCUT2D eigenvalue weighted by Crippen LogP contribution is 2.35. The van der Waals surface area contributed by atoms with Crippen LogP contribution in [0.2, 0.25) is 0 Å². The van der Waals surface area contributed by atoms with Crippen molar-refractivity contribution in [1.82, 2.24) is 9.55 Å². The van der Waals surface area contributed by atoms with E-state index in [1.807, 2.05) is 79.7 Å². The second kappa shape index (κ2) is 7.35. The molecule has 2 aromatic heterocycles. The van der Waals surface area contributed by atoms with Gasteiger partial charge in [-0.1, -0.05) is 66.7 Å². The van der Waals surface area contributed by atoms with Gasteiger partial charge in [0.05, 0.1) is 18.3 Å². The molecule has 5 rings (SSSR count). The minimum Gasteiger partial charge on any atom is -0.292 e. The van der Waals surface area contributed by atoms with E-state index in [4.69, 9.17) is 0 Å². The Hall–Kier alpha value is -3.57. The summed E-state index contributed by atoms with van der Waals surface area (Å²) in [5.74, 6) is -0.114. The number of fused-ring (bicyclic) bond motifs is 2. The predicted octanol–water partition coefficient (Wildman–Crippen LogP) is 5.47. The molecule has 0 aliphatic rings. The molecule has 0 aliphatic carbocycles. The van der Waals surface area contributed by atoms with Gasteiger partial charge in [0.2, 0.25) is 0 Å². The number of aromatic nitrogens is 2. The van der Waals surface area contributed by atoms with Crippen LogP contribution in [0.1, 0.15) is 15.2 Å². The van der Waals surface area contributed by atoms with Crippen molar-refractivity contribution >= 4 is 38.1 Å². The molecule has 5 aromatic rings. The van der Waals surface area contributed by atoms with Crippen molar-refractivity contribution in [3.63, 3.8) is 0 Å². The fourth-order valence-corrected chi connectivity index (χ4v) is 4.81. The van der Waals surface area contributed by atoms with Gasteiger partial charge in [-0.2, -0.15) is 0 Å². The van der Waals surface area contributed by atoms with E-state index < -0.39 is 0 Å². The maximum absolute atomic E-state index is 13.3. The van der Waals surface area contributed by atoms with Crippen LogP contribution in [0.3, 0.4) is 0 Å². The van der Waals surface area contributed by atoms with Gasteiger partial charge in [-0.25, -0.2) is 4.98 Å². The quantitative estimate of drug-likeness (QED) is 0.369. The molecule has 5 heteroatoms. The predicted molar refractivity (Wildman–Crippen MR) is 122 cm³/mol. The highest BCUT2D eigenvalue weighted by atomic mass is 32.1. The molecule has 0 unspecified atom stereocenters. The van der Waals surface area contributed by atoms with E-state index in [1.54, 1.807) is 0 Å². The smallest absolute Gasteiger partial charge is 0.263 e. The lowest BCUT2D eigenvalue weighted by atomic mass is 10.0. The third-order valence-corrected chi connectivity index (χ3v) is 6.32. The van der Waals surface area contributed by atoms with E-state index in [0.717, 1.165) is 26.8 Å². The van der Waals surface area contributed by atoms with Gasteiger partial charge < -0.3 is 0 Å². The summed E-state index contributed by atoms with van der Waals surface area (Å²) >= 11 is 1.50. The number of carbonyl (C=O) groups is 1. The Balaban J connectivity index is 1.57. The van der Waals surface area contributed by atoms with Gasteiger partial charge >= 0.3 is 0 Å². The van der Waals surface area contributed by atoms with Gasteiger partial charge in [-0.05, 0) is 29.3 Å². The summed E-state index contributed by atoms with van der Waals surface area (Å²) in [4.78, 5) is 32.4. The van der Waals surface area contributed by atoms with E-state index in [-0.39, 0.29) is 17.9 Å². The summed E-state index contributed by atoms with van der Waals surface area (Å²) in [5.41, 5.74) is 2.29. The van der Waals surface area contributed by atoms with Gasteiger partial charge in [0, 0.05) is 16.0 Å². The van der Waals surface area contributed by atoms with Crippen molar-refractivity contribution in [2.75, 3.05) is 0 Å². The van der Waals surface area contributed by atoms with Crippen molar-refractivity contribution in [1.29, 1.82) is 0 Å². The molecular formula is C25H18N2O2S. The van der Waals surface area contributed by atoms with Crippen LogP contribution in [0.4, 0.5) is 0 Å². The van der Waals surface area contributed by atoms with Gasteiger partial charge in [0.25, 0.3) is 5.56 Å². The number of carbonyl (C=O) groups excluding carboxylic acids is 1. The molecule has 0 fully saturated rings. The summed E-state index contributed by atoms with van der Waals surface area (Å²) in [6.07, 6.45) is 1.48. The molecule has 0 radical (unpaired) electrons.